The first kappa shape index (κ1) is 16.5. The van der Waals surface area contributed by atoms with Crippen molar-refractivity contribution in [3.63, 3.8) is 0 Å². The first-order valence-electron chi connectivity index (χ1n) is 6.38. The normalized spacial score (nSPS) is 10.4. The predicted octanol–water partition coefficient (Wildman–Crippen LogP) is 4.14. The number of methoxy groups -OCH3 is 2. The summed E-state index contributed by atoms with van der Waals surface area (Å²) in [6, 6.07) is 7.79. The van der Waals surface area contributed by atoms with Crippen molar-refractivity contribution < 1.29 is 19.4 Å². The molecule has 0 heterocycles. The summed E-state index contributed by atoms with van der Waals surface area (Å²) in [6.07, 6.45) is 0.0201. The van der Waals surface area contributed by atoms with E-state index in [0.717, 1.165) is 0 Å². The fourth-order valence-corrected chi connectivity index (χ4v) is 2.54. The van der Waals surface area contributed by atoms with Gasteiger partial charge in [-0.15, -0.1) is 0 Å². The average molecular weight is 341 g/mol. The molecule has 0 radical (unpaired) electrons. The molecule has 0 amide bonds. The van der Waals surface area contributed by atoms with Crippen molar-refractivity contribution >= 4 is 29.0 Å². The number of aromatic hydroxyl groups is 1. The molecule has 116 valence electrons. The molecule has 2 aromatic rings. The molecule has 0 aromatic heterocycles. The van der Waals surface area contributed by atoms with Crippen LogP contribution in [0.25, 0.3) is 0 Å². The van der Waals surface area contributed by atoms with Gasteiger partial charge in [-0.3, -0.25) is 4.79 Å². The number of hydrogen-bond donors (Lipinski definition) is 1. The minimum atomic E-state index is -0.318. The lowest BCUT2D eigenvalue weighted by Crippen LogP contribution is -2.07. The number of hydrogen-bond acceptors (Lipinski definition) is 4. The van der Waals surface area contributed by atoms with E-state index < -0.39 is 0 Å². The third-order valence-electron chi connectivity index (χ3n) is 3.16. The maximum Gasteiger partial charge on any atom is 0.174 e. The third-order valence-corrected chi connectivity index (χ3v) is 3.74. The van der Waals surface area contributed by atoms with Crippen LogP contribution in [0.1, 0.15) is 15.9 Å². The molecule has 0 aliphatic rings. The predicted molar refractivity (Wildman–Crippen MR) is 85.7 cm³/mol. The molecule has 0 aliphatic heterocycles. The smallest absolute Gasteiger partial charge is 0.174 e. The van der Waals surface area contributed by atoms with E-state index >= 15 is 0 Å². The van der Waals surface area contributed by atoms with Crippen LogP contribution in [-0.2, 0) is 6.42 Å². The number of carbonyl (C=O) groups is 1. The van der Waals surface area contributed by atoms with Gasteiger partial charge in [0.1, 0.15) is 22.8 Å². The number of benzene rings is 2. The number of Topliss-reactive ketones (excluding diaryl/α,β-unsaturated/α-hetero) is 1. The topological polar surface area (TPSA) is 55.8 Å². The molecule has 0 spiro atoms. The van der Waals surface area contributed by atoms with Gasteiger partial charge in [-0.1, -0.05) is 29.3 Å². The van der Waals surface area contributed by atoms with Gasteiger partial charge in [-0.2, -0.15) is 0 Å². The molecule has 2 aromatic carbocycles. The molecular weight excluding hydrogens is 327 g/mol. The Morgan fingerprint density at radius 3 is 2.45 bits per heavy atom. The van der Waals surface area contributed by atoms with Crippen LogP contribution in [0.15, 0.2) is 30.3 Å². The fraction of sp³-hybridized carbons (Fsp3) is 0.188. The summed E-state index contributed by atoms with van der Waals surface area (Å²) >= 11 is 11.9. The molecule has 0 unspecified atom stereocenters. The lowest BCUT2D eigenvalue weighted by Gasteiger charge is -2.12. The molecule has 22 heavy (non-hydrogen) atoms. The van der Waals surface area contributed by atoms with E-state index in [1.54, 1.807) is 18.2 Å². The van der Waals surface area contributed by atoms with Crippen LogP contribution in [0.3, 0.4) is 0 Å². The molecule has 0 bridgehead atoms. The number of halogens is 2. The quantitative estimate of drug-likeness (QED) is 0.831. The standard InChI is InChI=1S/C16H14Cl2O4/c1-21-11-7-14(20)16(15(8-11)22-2)13(19)5-9-3-4-10(17)6-12(9)18/h3-4,6-8,20H,5H2,1-2H3. The maximum absolute atomic E-state index is 12.5. The van der Waals surface area contributed by atoms with Crippen LogP contribution in [0.4, 0.5) is 0 Å². The van der Waals surface area contributed by atoms with Gasteiger partial charge in [0.15, 0.2) is 5.78 Å². The second-order valence-corrected chi connectivity index (χ2v) is 5.40. The maximum atomic E-state index is 12.5. The van der Waals surface area contributed by atoms with Gasteiger partial charge in [0.05, 0.1) is 14.2 Å². The van der Waals surface area contributed by atoms with Crippen LogP contribution < -0.4 is 9.47 Å². The monoisotopic (exact) mass is 340 g/mol. The van der Waals surface area contributed by atoms with Crippen LogP contribution in [0.2, 0.25) is 10.0 Å². The van der Waals surface area contributed by atoms with E-state index in [1.165, 1.54) is 26.4 Å². The Labute approximate surface area is 138 Å². The van der Waals surface area contributed by atoms with Crippen molar-refractivity contribution in [1.82, 2.24) is 0 Å². The molecule has 1 N–H and O–H groups in total. The Bertz CT molecular complexity index is 714. The van der Waals surface area contributed by atoms with Crippen molar-refractivity contribution in [2.75, 3.05) is 14.2 Å². The van der Waals surface area contributed by atoms with E-state index in [0.29, 0.717) is 21.4 Å². The fourth-order valence-electron chi connectivity index (χ4n) is 2.06. The molecule has 2 rings (SSSR count). The Kier molecular flexibility index (Phi) is 5.16. The first-order valence-corrected chi connectivity index (χ1v) is 7.14. The third kappa shape index (κ3) is 3.46. The Balaban J connectivity index is 2.37. The van der Waals surface area contributed by atoms with Crippen LogP contribution in [0, 0.1) is 0 Å². The van der Waals surface area contributed by atoms with E-state index in [9.17, 15) is 9.90 Å². The van der Waals surface area contributed by atoms with E-state index in [-0.39, 0.29) is 29.3 Å². The Hall–Kier alpha value is -1.91. The highest BCUT2D eigenvalue weighted by molar-refractivity contribution is 6.35. The van der Waals surface area contributed by atoms with Crippen LogP contribution in [-0.4, -0.2) is 25.1 Å². The minimum Gasteiger partial charge on any atom is -0.507 e. The lowest BCUT2D eigenvalue weighted by molar-refractivity contribution is 0.0987. The van der Waals surface area contributed by atoms with Crippen molar-refractivity contribution in [2.45, 2.75) is 6.42 Å². The number of rotatable bonds is 5. The number of phenols is 1. The van der Waals surface area contributed by atoms with Gasteiger partial charge in [-0.25, -0.2) is 0 Å². The molecule has 0 aliphatic carbocycles. The molecule has 0 atom stereocenters. The summed E-state index contributed by atoms with van der Waals surface area (Å²) in [7, 11) is 2.88. The summed E-state index contributed by atoms with van der Waals surface area (Å²) in [6.45, 7) is 0. The summed E-state index contributed by atoms with van der Waals surface area (Å²) in [5.74, 6) is 0.120. The van der Waals surface area contributed by atoms with Gasteiger partial charge in [0.25, 0.3) is 0 Å². The van der Waals surface area contributed by atoms with Crippen molar-refractivity contribution in [3.05, 3.63) is 51.5 Å². The van der Waals surface area contributed by atoms with Crippen molar-refractivity contribution in [1.29, 1.82) is 0 Å². The Morgan fingerprint density at radius 2 is 1.86 bits per heavy atom. The number of carbonyl (C=O) groups excluding carboxylic acids is 1. The number of phenolic OH excluding ortho intramolecular Hbond substituents is 1. The highest BCUT2D eigenvalue weighted by atomic mass is 35.5. The molecule has 0 saturated heterocycles. The molecular formula is C16H14Cl2O4. The molecule has 6 heteroatoms. The lowest BCUT2D eigenvalue weighted by atomic mass is 10.0. The second kappa shape index (κ2) is 6.90. The van der Waals surface area contributed by atoms with Gasteiger partial charge in [0.2, 0.25) is 0 Å². The van der Waals surface area contributed by atoms with Crippen molar-refractivity contribution in [2.24, 2.45) is 0 Å². The Morgan fingerprint density at radius 1 is 1.14 bits per heavy atom. The molecule has 4 nitrogen and oxygen atoms in total. The second-order valence-electron chi connectivity index (χ2n) is 4.56. The highest BCUT2D eigenvalue weighted by Gasteiger charge is 2.20. The van der Waals surface area contributed by atoms with E-state index in [4.69, 9.17) is 32.7 Å². The number of ketones is 1. The van der Waals surface area contributed by atoms with E-state index in [1.807, 2.05) is 0 Å². The zero-order valence-corrected chi connectivity index (χ0v) is 13.5. The van der Waals surface area contributed by atoms with Gasteiger partial charge in [0, 0.05) is 28.6 Å². The largest absolute Gasteiger partial charge is 0.507 e. The first-order chi connectivity index (χ1) is 10.5. The van der Waals surface area contributed by atoms with Crippen LogP contribution >= 0.6 is 23.2 Å². The van der Waals surface area contributed by atoms with Gasteiger partial charge < -0.3 is 14.6 Å². The van der Waals surface area contributed by atoms with Gasteiger partial charge in [-0.05, 0) is 17.7 Å². The SMILES string of the molecule is COc1cc(O)c(C(=O)Cc2ccc(Cl)cc2Cl)c(OC)c1. The van der Waals surface area contributed by atoms with E-state index in [2.05, 4.69) is 0 Å². The van der Waals surface area contributed by atoms with Gasteiger partial charge >= 0.3 is 0 Å². The molecule has 0 fully saturated rings. The summed E-state index contributed by atoms with van der Waals surface area (Å²) in [4.78, 5) is 12.5. The number of ether oxygens (including phenoxy) is 2. The molecule has 0 saturated carbocycles. The zero-order chi connectivity index (χ0) is 16.3. The summed E-state index contributed by atoms with van der Waals surface area (Å²) < 4.78 is 10.2. The highest BCUT2D eigenvalue weighted by Crippen LogP contribution is 2.34. The average Bonchev–Trinajstić information content (AvgIpc) is 2.48. The van der Waals surface area contributed by atoms with Crippen molar-refractivity contribution in [3.8, 4) is 17.2 Å². The van der Waals surface area contributed by atoms with Crippen LogP contribution in [0.5, 0.6) is 17.2 Å². The zero-order valence-electron chi connectivity index (χ0n) is 12.0. The summed E-state index contributed by atoms with van der Waals surface area (Å²) in [5.41, 5.74) is 0.711. The minimum absolute atomic E-state index is 0.0201. The summed E-state index contributed by atoms with van der Waals surface area (Å²) in [5, 5.41) is 10.9.